The zero-order valence-electron chi connectivity index (χ0n) is 9.72. The second kappa shape index (κ2) is 6.59. The summed E-state index contributed by atoms with van der Waals surface area (Å²) in [6, 6.07) is 3.69. The normalized spacial score (nSPS) is 9.76. The van der Waals surface area contributed by atoms with E-state index in [-0.39, 0.29) is 24.9 Å². The Balaban J connectivity index is 2.40. The average Bonchev–Trinajstić information content (AvgIpc) is 2.36. The quantitative estimate of drug-likeness (QED) is 0.694. The number of nitrogens with one attached hydrogen (secondary N) is 1. The van der Waals surface area contributed by atoms with Crippen LogP contribution < -0.4 is 11.1 Å². The molecule has 1 aromatic rings. The van der Waals surface area contributed by atoms with Crippen molar-refractivity contribution in [3.63, 3.8) is 0 Å². The van der Waals surface area contributed by atoms with Gasteiger partial charge in [-0.2, -0.15) is 0 Å². The van der Waals surface area contributed by atoms with E-state index in [0.717, 1.165) is 5.56 Å². The highest BCUT2D eigenvalue weighted by Crippen LogP contribution is 2.00. The van der Waals surface area contributed by atoms with Crippen molar-refractivity contribution in [2.24, 2.45) is 5.73 Å². The van der Waals surface area contributed by atoms with Gasteiger partial charge in [0.1, 0.15) is 0 Å². The van der Waals surface area contributed by atoms with Gasteiger partial charge in [-0.1, -0.05) is 6.07 Å². The Morgan fingerprint density at radius 2 is 2.29 bits per heavy atom. The molecule has 0 saturated heterocycles. The number of nitrogens with two attached hydrogens (primary N) is 1. The third kappa shape index (κ3) is 4.60. The highest BCUT2D eigenvalue weighted by atomic mass is 16.2. The minimum absolute atomic E-state index is 0.0349. The Hall–Kier alpha value is -1.95. The van der Waals surface area contributed by atoms with E-state index < -0.39 is 0 Å². The van der Waals surface area contributed by atoms with E-state index in [1.165, 1.54) is 4.90 Å². The Labute approximate surface area is 99.8 Å². The summed E-state index contributed by atoms with van der Waals surface area (Å²) in [7, 11) is 1.67. The van der Waals surface area contributed by atoms with Crippen LogP contribution >= 0.6 is 0 Å². The maximum Gasteiger partial charge on any atom is 0.242 e. The molecule has 92 valence electrons. The zero-order valence-corrected chi connectivity index (χ0v) is 9.72. The largest absolute Gasteiger partial charge is 0.346 e. The zero-order chi connectivity index (χ0) is 12.7. The summed E-state index contributed by atoms with van der Waals surface area (Å²) < 4.78 is 0. The maximum absolute atomic E-state index is 11.6. The summed E-state index contributed by atoms with van der Waals surface area (Å²) >= 11 is 0. The van der Waals surface area contributed by atoms with E-state index >= 15 is 0 Å². The molecule has 6 heteroatoms. The third-order valence-electron chi connectivity index (χ3n) is 2.19. The van der Waals surface area contributed by atoms with Crippen molar-refractivity contribution >= 4 is 11.8 Å². The molecule has 0 aromatic carbocycles. The number of amides is 2. The number of rotatable bonds is 5. The number of aromatic nitrogens is 1. The lowest BCUT2D eigenvalue weighted by atomic mass is 10.2. The molecular formula is C11H16N4O2. The lowest BCUT2D eigenvalue weighted by Gasteiger charge is -2.17. The minimum atomic E-state index is -0.340. The predicted octanol–water partition coefficient (Wildman–Crippen LogP) is -0.885. The molecule has 0 unspecified atom stereocenters. The summed E-state index contributed by atoms with van der Waals surface area (Å²) in [4.78, 5) is 28.0. The molecule has 0 aliphatic heterocycles. The fraction of sp³-hybridized carbons (Fsp3) is 0.364. The standard InChI is InChI=1S/C11H16N4O2/c1-15(8-9-3-2-4-13-6-9)11(17)7-14-10(16)5-12/h2-4,6H,5,7-8,12H2,1H3,(H,14,16). The van der Waals surface area contributed by atoms with Crippen LogP contribution in [0.5, 0.6) is 0 Å². The summed E-state index contributed by atoms with van der Waals surface area (Å²) in [6.07, 6.45) is 3.37. The van der Waals surface area contributed by atoms with Crippen molar-refractivity contribution in [1.82, 2.24) is 15.2 Å². The van der Waals surface area contributed by atoms with Gasteiger partial charge in [0.15, 0.2) is 0 Å². The SMILES string of the molecule is CN(Cc1cccnc1)C(=O)CNC(=O)CN. The average molecular weight is 236 g/mol. The molecule has 0 saturated carbocycles. The van der Waals surface area contributed by atoms with Crippen molar-refractivity contribution in [2.45, 2.75) is 6.54 Å². The monoisotopic (exact) mass is 236 g/mol. The molecule has 0 aliphatic carbocycles. The van der Waals surface area contributed by atoms with Crippen LogP contribution in [0.4, 0.5) is 0 Å². The highest BCUT2D eigenvalue weighted by molar-refractivity contribution is 5.85. The van der Waals surface area contributed by atoms with Gasteiger partial charge < -0.3 is 16.0 Å². The molecule has 1 rings (SSSR count). The molecule has 3 N–H and O–H groups in total. The number of hydrogen-bond acceptors (Lipinski definition) is 4. The molecule has 0 bridgehead atoms. The van der Waals surface area contributed by atoms with Crippen LogP contribution in [0.3, 0.4) is 0 Å². The van der Waals surface area contributed by atoms with Gasteiger partial charge in [-0.15, -0.1) is 0 Å². The molecule has 0 fully saturated rings. The smallest absolute Gasteiger partial charge is 0.242 e. The first kappa shape index (κ1) is 13.1. The first-order valence-electron chi connectivity index (χ1n) is 5.23. The third-order valence-corrected chi connectivity index (χ3v) is 2.19. The van der Waals surface area contributed by atoms with Gasteiger partial charge in [0, 0.05) is 26.0 Å². The van der Waals surface area contributed by atoms with Crippen molar-refractivity contribution < 1.29 is 9.59 Å². The van der Waals surface area contributed by atoms with Gasteiger partial charge >= 0.3 is 0 Å². The molecule has 0 spiro atoms. The molecular weight excluding hydrogens is 220 g/mol. The van der Waals surface area contributed by atoms with Crippen molar-refractivity contribution in [1.29, 1.82) is 0 Å². The van der Waals surface area contributed by atoms with E-state index in [1.54, 1.807) is 19.4 Å². The van der Waals surface area contributed by atoms with Crippen LogP contribution in [0.15, 0.2) is 24.5 Å². The second-order valence-corrected chi connectivity index (χ2v) is 3.59. The number of carbonyl (C=O) groups is 2. The number of carbonyl (C=O) groups excluding carboxylic acids is 2. The summed E-state index contributed by atoms with van der Waals surface area (Å²) in [5.41, 5.74) is 6.05. The van der Waals surface area contributed by atoms with Gasteiger partial charge in [0.05, 0.1) is 13.1 Å². The highest BCUT2D eigenvalue weighted by Gasteiger charge is 2.10. The van der Waals surface area contributed by atoms with E-state index in [4.69, 9.17) is 5.73 Å². The van der Waals surface area contributed by atoms with Gasteiger partial charge in [0.2, 0.25) is 11.8 Å². The molecule has 2 amide bonds. The van der Waals surface area contributed by atoms with Crippen LogP contribution in [0.2, 0.25) is 0 Å². The minimum Gasteiger partial charge on any atom is -0.346 e. The van der Waals surface area contributed by atoms with Gasteiger partial charge in [-0.3, -0.25) is 14.6 Å². The molecule has 1 heterocycles. The predicted molar refractivity (Wildman–Crippen MR) is 62.8 cm³/mol. The van der Waals surface area contributed by atoms with Crippen LogP contribution in [0, 0.1) is 0 Å². The summed E-state index contributed by atoms with van der Waals surface area (Å²) in [5, 5.41) is 2.43. The fourth-order valence-electron chi connectivity index (χ4n) is 1.24. The number of hydrogen-bond donors (Lipinski definition) is 2. The first-order chi connectivity index (χ1) is 8.13. The molecule has 0 aliphatic rings. The molecule has 17 heavy (non-hydrogen) atoms. The Kier molecular flexibility index (Phi) is 5.09. The lowest BCUT2D eigenvalue weighted by Crippen LogP contribution is -2.40. The van der Waals surface area contributed by atoms with E-state index in [9.17, 15) is 9.59 Å². The van der Waals surface area contributed by atoms with E-state index in [2.05, 4.69) is 10.3 Å². The maximum atomic E-state index is 11.6. The molecule has 6 nitrogen and oxygen atoms in total. The van der Waals surface area contributed by atoms with Crippen LogP contribution in [0.25, 0.3) is 0 Å². The first-order valence-corrected chi connectivity index (χ1v) is 5.23. The molecule has 0 radical (unpaired) electrons. The fourth-order valence-corrected chi connectivity index (χ4v) is 1.24. The lowest BCUT2D eigenvalue weighted by molar-refractivity contribution is -0.131. The topological polar surface area (TPSA) is 88.3 Å². The number of likely N-dealkylation sites (N-methyl/N-ethyl adjacent to an activating group) is 1. The van der Waals surface area contributed by atoms with E-state index in [0.29, 0.717) is 6.54 Å². The van der Waals surface area contributed by atoms with Crippen LogP contribution in [-0.4, -0.2) is 41.8 Å². The molecule has 1 aromatic heterocycles. The van der Waals surface area contributed by atoms with Gasteiger partial charge in [-0.25, -0.2) is 0 Å². The Morgan fingerprint density at radius 1 is 1.53 bits per heavy atom. The second-order valence-electron chi connectivity index (χ2n) is 3.59. The Bertz CT molecular complexity index is 380. The van der Waals surface area contributed by atoms with Gasteiger partial charge in [0.25, 0.3) is 0 Å². The molecule has 0 atom stereocenters. The van der Waals surface area contributed by atoms with Gasteiger partial charge in [-0.05, 0) is 11.6 Å². The number of nitrogens with zero attached hydrogens (tertiary/aromatic N) is 2. The van der Waals surface area contributed by atoms with Crippen LogP contribution in [-0.2, 0) is 16.1 Å². The Morgan fingerprint density at radius 3 is 2.88 bits per heavy atom. The number of pyridine rings is 1. The van der Waals surface area contributed by atoms with Crippen molar-refractivity contribution in [3.05, 3.63) is 30.1 Å². The van der Waals surface area contributed by atoms with E-state index in [1.807, 2.05) is 12.1 Å². The van der Waals surface area contributed by atoms with Crippen molar-refractivity contribution in [2.75, 3.05) is 20.1 Å². The summed E-state index contributed by atoms with van der Waals surface area (Å²) in [5.74, 6) is -0.510. The van der Waals surface area contributed by atoms with Crippen LogP contribution in [0.1, 0.15) is 5.56 Å². The van der Waals surface area contributed by atoms with Crippen molar-refractivity contribution in [3.8, 4) is 0 Å². The summed E-state index contributed by atoms with van der Waals surface area (Å²) in [6.45, 7) is 0.317.